The highest BCUT2D eigenvalue weighted by atomic mass is 19.1. The fourth-order valence-electron chi connectivity index (χ4n) is 3.26. The maximum atomic E-state index is 13.8. The van der Waals surface area contributed by atoms with Crippen molar-refractivity contribution in [3.63, 3.8) is 0 Å². The van der Waals surface area contributed by atoms with Gasteiger partial charge >= 0.3 is 0 Å². The molecule has 1 aliphatic heterocycles. The summed E-state index contributed by atoms with van der Waals surface area (Å²) in [5.41, 5.74) is 2.87. The van der Waals surface area contributed by atoms with Gasteiger partial charge in [-0.05, 0) is 50.1 Å². The Morgan fingerprint density at radius 3 is 2.86 bits per heavy atom. The Bertz CT molecular complexity index is 1020. The molecule has 1 atom stereocenters. The Morgan fingerprint density at radius 2 is 2.11 bits per heavy atom. The quantitative estimate of drug-likeness (QED) is 0.706. The van der Waals surface area contributed by atoms with E-state index < -0.39 is 0 Å². The van der Waals surface area contributed by atoms with Crippen LogP contribution in [0.15, 0.2) is 47.0 Å². The predicted octanol–water partition coefficient (Wildman–Crippen LogP) is 4.48. The minimum Gasteiger partial charge on any atom is -0.374 e. The highest BCUT2D eigenvalue weighted by Crippen LogP contribution is 2.27. The Morgan fingerprint density at radius 1 is 1.25 bits per heavy atom. The number of benzene rings is 2. The van der Waals surface area contributed by atoms with Crippen molar-refractivity contribution in [2.24, 2.45) is 0 Å². The summed E-state index contributed by atoms with van der Waals surface area (Å²) in [4.78, 5) is 18.1. The van der Waals surface area contributed by atoms with Gasteiger partial charge in [-0.15, -0.1) is 0 Å². The molecule has 1 fully saturated rings. The van der Waals surface area contributed by atoms with Gasteiger partial charge in [-0.3, -0.25) is 4.79 Å². The molecule has 0 aliphatic carbocycles. The van der Waals surface area contributed by atoms with Crippen molar-refractivity contribution in [3.8, 4) is 11.4 Å². The molecule has 1 aromatic heterocycles. The second kappa shape index (κ2) is 7.42. The molecule has 0 bridgehead atoms. The molecule has 28 heavy (non-hydrogen) atoms. The van der Waals surface area contributed by atoms with Crippen molar-refractivity contribution >= 4 is 17.3 Å². The van der Waals surface area contributed by atoms with E-state index in [2.05, 4.69) is 15.5 Å². The number of rotatable bonds is 5. The van der Waals surface area contributed by atoms with Crippen molar-refractivity contribution < 1.29 is 13.7 Å². The summed E-state index contributed by atoms with van der Waals surface area (Å²) in [5, 5.41) is 7.28. The second-order valence-electron chi connectivity index (χ2n) is 6.99. The SMILES string of the molecule is Cc1ccc(-c2noc([C@H](C)Nc3cccc(N4CCCC4=O)c3)n2)cc1F. The normalized spacial score (nSPS) is 15.1. The highest BCUT2D eigenvalue weighted by molar-refractivity contribution is 5.95. The zero-order chi connectivity index (χ0) is 19.7. The monoisotopic (exact) mass is 380 g/mol. The molecule has 0 radical (unpaired) electrons. The van der Waals surface area contributed by atoms with Crippen molar-refractivity contribution in [1.29, 1.82) is 0 Å². The van der Waals surface area contributed by atoms with Crippen LogP contribution in [0.1, 0.15) is 37.3 Å². The van der Waals surface area contributed by atoms with Crippen LogP contribution in [0.4, 0.5) is 15.8 Å². The molecule has 1 amide bonds. The van der Waals surface area contributed by atoms with Gasteiger partial charge in [0, 0.05) is 29.9 Å². The summed E-state index contributed by atoms with van der Waals surface area (Å²) >= 11 is 0. The first-order valence-electron chi connectivity index (χ1n) is 9.28. The predicted molar refractivity (Wildman–Crippen MR) is 104 cm³/mol. The molecule has 0 spiro atoms. The summed E-state index contributed by atoms with van der Waals surface area (Å²) in [7, 11) is 0. The molecule has 0 unspecified atom stereocenters. The maximum Gasteiger partial charge on any atom is 0.249 e. The molecule has 4 rings (SSSR count). The van der Waals surface area contributed by atoms with Gasteiger partial charge in [0.25, 0.3) is 0 Å². The number of aromatic nitrogens is 2. The second-order valence-corrected chi connectivity index (χ2v) is 6.99. The topological polar surface area (TPSA) is 71.3 Å². The average Bonchev–Trinajstić information content (AvgIpc) is 3.33. The standard InChI is InChI=1S/C21H21FN4O2/c1-13-8-9-15(11-18(13)22)20-24-21(28-25-20)14(2)23-16-5-3-6-17(12-16)26-10-4-7-19(26)27/h3,5-6,8-9,11-12,14,23H,4,7,10H2,1-2H3/t14-/m0/s1. The fraction of sp³-hybridized carbons (Fsp3) is 0.286. The Hall–Kier alpha value is -3.22. The van der Waals surface area contributed by atoms with Crippen LogP contribution < -0.4 is 10.2 Å². The van der Waals surface area contributed by atoms with E-state index in [-0.39, 0.29) is 17.8 Å². The number of hydrogen-bond acceptors (Lipinski definition) is 5. The molecule has 2 aromatic carbocycles. The number of nitrogens with one attached hydrogen (secondary N) is 1. The van der Waals surface area contributed by atoms with E-state index in [9.17, 15) is 9.18 Å². The summed E-state index contributed by atoms with van der Waals surface area (Å²) < 4.78 is 19.1. The molecular weight excluding hydrogens is 359 g/mol. The van der Waals surface area contributed by atoms with Gasteiger partial charge in [-0.1, -0.05) is 23.4 Å². The molecular formula is C21H21FN4O2. The van der Waals surface area contributed by atoms with E-state index in [1.54, 1.807) is 24.0 Å². The molecule has 144 valence electrons. The van der Waals surface area contributed by atoms with Gasteiger partial charge in [0.1, 0.15) is 11.9 Å². The summed E-state index contributed by atoms with van der Waals surface area (Å²) in [6.45, 7) is 4.36. The zero-order valence-electron chi connectivity index (χ0n) is 15.8. The van der Waals surface area contributed by atoms with Crippen LogP contribution in [0.5, 0.6) is 0 Å². The van der Waals surface area contributed by atoms with Crippen molar-refractivity contribution in [2.45, 2.75) is 32.7 Å². The lowest BCUT2D eigenvalue weighted by Crippen LogP contribution is -2.23. The average molecular weight is 380 g/mol. The van der Waals surface area contributed by atoms with Gasteiger partial charge in [0.2, 0.25) is 17.6 Å². The largest absolute Gasteiger partial charge is 0.374 e. The zero-order valence-corrected chi connectivity index (χ0v) is 15.8. The minimum absolute atomic E-state index is 0.150. The van der Waals surface area contributed by atoms with Crippen LogP contribution in [0, 0.1) is 12.7 Å². The van der Waals surface area contributed by atoms with Crippen LogP contribution >= 0.6 is 0 Å². The third-order valence-electron chi connectivity index (χ3n) is 4.86. The smallest absolute Gasteiger partial charge is 0.249 e. The van der Waals surface area contributed by atoms with Gasteiger partial charge in [-0.2, -0.15) is 4.98 Å². The summed E-state index contributed by atoms with van der Waals surface area (Å²) in [6, 6.07) is 12.3. The number of nitrogens with zero attached hydrogens (tertiary/aromatic N) is 3. The third kappa shape index (κ3) is 3.60. The maximum absolute atomic E-state index is 13.8. The van der Waals surface area contributed by atoms with E-state index in [0.29, 0.717) is 29.3 Å². The molecule has 0 saturated carbocycles. The van der Waals surface area contributed by atoms with Crippen LogP contribution in [-0.2, 0) is 4.79 Å². The number of hydrogen-bond donors (Lipinski definition) is 1. The molecule has 1 aliphatic rings. The van der Waals surface area contributed by atoms with Crippen LogP contribution in [0.2, 0.25) is 0 Å². The van der Waals surface area contributed by atoms with Crippen LogP contribution in [-0.4, -0.2) is 22.6 Å². The van der Waals surface area contributed by atoms with Crippen molar-refractivity contribution in [1.82, 2.24) is 10.1 Å². The summed E-state index contributed by atoms with van der Waals surface area (Å²) in [6.07, 6.45) is 1.48. The molecule has 3 aromatic rings. The number of halogens is 1. The van der Waals surface area contributed by atoms with E-state index >= 15 is 0 Å². The van der Waals surface area contributed by atoms with Gasteiger partial charge in [0.15, 0.2) is 0 Å². The number of aryl methyl sites for hydroxylation is 1. The molecule has 1 N–H and O–H groups in total. The third-order valence-corrected chi connectivity index (χ3v) is 4.86. The number of amides is 1. The Balaban J connectivity index is 1.50. The molecule has 6 nitrogen and oxygen atoms in total. The highest BCUT2D eigenvalue weighted by Gasteiger charge is 2.22. The molecule has 7 heteroatoms. The number of anilines is 2. The van der Waals surface area contributed by atoms with E-state index in [0.717, 1.165) is 24.3 Å². The lowest BCUT2D eigenvalue weighted by molar-refractivity contribution is -0.117. The van der Waals surface area contributed by atoms with Gasteiger partial charge in [0.05, 0.1) is 0 Å². The molecule has 1 saturated heterocycles. The van der Waals surface area contributed by atoms with E-state index in [1.807, 2.05) is 31.2 Å². The fourth-order valence-corrected chi connectivity index (χ4v) is 3.26. The first kappa shape index (κ1) is 18.2. The van der Waals surface area contributed by atoms with Crippen molar-refractivity contribution in [3.05, 3.63) is 59.7 Å². The van der Waals surface area contributed by atoms with Gasteiger partial charge in [-0.25, -0.2) is 4.39 Å². The molecule has 2 heterocycles. The minimum atomic E-state index is -0.303. The number of carbonyl (C=O) groups is 1. The lowest BCUT2D eigenvalue weighted by atomic mass is 10.1. The lowest BCUT2D eigenvalue weighted by Gasteiger charge is -2.18. The van der Waals surface area contributed by atoms with E-state index in [4.69, 9.17) is 4.52 Å². The Labute approximate surface area is 162 Å². The first-order valence-corrected chi connectivity index (χ1v) is 9.28. The van der Waals surface area contributed by atoms with Crippen LogP contribution in [0.25, 0.3) is 11.4 Å². The Kier molecular flexibility index (Phi) is 4.81. The summed E-state index contributed by atoms with van der Waals surface area (Å²) in [5.74, 6) is 0.595. The van der Waals surface area contributed by atoms with E-state index in [1.165, 1.54) is 6.07 Å². The van der Waals surface area contributed by atoms with Crippen molar-refractivity contribution in [2.75, 3.05) is 16.8 Å². The van der Waals surface area contributed by atoms with Gasteiger partial charge < -0.3 is 14.7 Å². The van der Waals surface area contributed by atoms with Crippen LogP contribution in [0.3, 0.4) is 0 Å². The number of carbonyl (C=O) groups excluding carboxylic acids is 1. The first-order chi connectivity index (χ1) is 13.5.